The van der Waals surface area contributed by atoms with Crippen LogP contribution >= 0.6 is 0 Å². The number of carbonyl (C=O) groups excluding carboxylic acids is 1. The van der Waals surface area contributed by atoms with Crippen molar-refractivity contribution in [3.8, 4) is 5.69 Å². The quantitative estimate of drug-likeness (QED) is 0.501. The van der Waals surface area contributed by atoms with Crippen molar-refractivity contribution in [2.45, 2.75) is 44.1 Å². The van der Waals surface area contributed by atoms with E-state index in [1.807, 2.05) is 58.0 Å². The van der Waals surface area contributed by atoms with Crippen molar-refractivity contribution in [1.29, 1.82) is 0 Å². The van der Waals surface area contributed by atoms with Gasteiger partial charge in [0, 0.05) is 36.5 Å². The summed E-state index contributed by atoms with van der Waals surface area (Å²) in [5.41, 5.74) is 4.49. The minimum atomic E-state index is -0.0593. The summed E-state index contributed by atoms with van der Waals surface area (Å²) in [6.07, 6.45) is 8.14. The number of nitrogens with zero attached hydrogens (tertiary/aromatic N) is 5. The number of para-hydroxylation sites is 1. The van der Waals surface area contributed by atoms with Gasteiger partial charge in [0.15, 0.2) is 5.65 Å². The van der Waals surface area contributed by atoms with Crippen molar-refractivity contribution in [3.63, 3.8) is 0 Å². The monoisotopic (exact) mass is 412 g/mol. The smallest absolute Gasteiger partial charge is 0.252 e. The summed E-state index contributed by atoms with van der Waals surface area (Å²) in [5.74, 6) is 0.802. The summed E-state index contributed by atoms with van der Waals surface area (Å²) >= 11 is 0. The first kappa shape index (κ1) is 18.3. The molecule has 2 aliphatic rings. The fourth-order valence-corrected chi connectivity index (χ4v) is 4.13. The van der Waals surface area contributed by atoms with Crippen LogP contribution in [-0.2, 0) is 6.54 Å². The third kappa shape index (κ3) is 3.50. The van der Waals surface area contributed by atoms with E-state index < -0.39 is 0 Å². The summed E-state index contributed by atoms with van der Waals surface area (Å²) < 4.78 is 3.75. The van der Waals surface area contributed by atoms with Gasteiger partial charge in [-0.25, -0.2) is 9.67 Å². The molecule has 0 atom stereocenters. The SMILES string of the molecule is O=C(NCCn1cccn1)c1cc(C2CC2)nc2c1c(C1CC1)nn2-c1ccccc1. The zero-order valence-corrected chi connectivity index (χ0v) is 17.2. The molecule has 156 valence electrons. The zero-order valence-electron chi connectivity index (χ0n) is 17.2. The van der Waals surface area contributed by atoms with Gasteiger partial charge in [0.25, 0.3) is 5.91 Å². The molecule has 1 N–H and O–H groups in total. The molecule has 31 heavy (non-hydrogen) atoms. The van der Waals surface area contributed by atoms with Crippen LogP contribution in [0.25, 0.3) is 16.7 Å². The Hall–Kier alpha value is -3.48. The van der Waals surface area contributed by atoms with E-state index in [9.17, 15) is 4.79 Å². The lowest BCUT2D eigenvalue weighted by Crippen LogP contribution is -2.28. The van der Waals surface area contributed by atoms with Crippen molar-refractivity contribution < 1.29 is 4.79 Å². The van der Waals surface area contributed by atoms with Crippen LogP contribution < -0.4 is 5.32 Å². The zero-order chi connectivity index (χ0) is 20.8. The van der Waals surface area contributed by atoms with Crippen LogP contribution in [0.15, 0.2) is 54.9 Å². The number of rotatable bonds is 7. The van der Waals surface area contributed by atoms with Crippen LogP contribution in [0.1, 0.15) is 59.3 Å². The lowest BCUT2D eigenvalue weighted by atomic mass is 10.0. The lowest BCUT2D eigenvalue weighted by Gasteiger charge is -2.10. The Balaban J connectivity index is 1.43. The Labute approximate surface area is 180 Å². The number of fused-ring (bicyclic) bond motifs is 1. The normalized spacial score (nSPS) is 16.0. The van der Waals surface area contributed by atoms with E-state index in [1.54, 1.807) is 6.20 Å². The van der Waals surface area contributed by atoms with Crippen LogP contribution in [0, 0.1) is 0 Å². The maximum atomic E-state index is 13.3. The lowest BCUT2D eigenvalue weighted by molar-refractivity contribution is 0.0953. The van der Waals surface area contributed by atoms with Gasteiger partial charge >= 0.3 is 0 Å². The first-order valence-electron chi connectivity index (χ1n) is 11.0. The number of hydrogen-bond acceptors (Lipinski definition) is 4. The Morgan fingerprint density at radius 1 is 1.06 bits per heavy atom. The topological polar surface area (TPSA) is 77.6 Å². The first-order valence-corrected chi connectivity index (χ1v) is 11.0. The van der Waals surface area contributed by atoms with E-state index in [0.29, 0.717) is 30.5 Å². The van der Waals surface area contributed by atoms with Gasteiger partial charge in [-0.3, -0.25) is 9.48 Å². The van der Waals surface area contributed by atoms with Crippen LogP contribution in [-0.4, -0.2) is 37.0 Å². The van der Waals surface area contributed by atoms with Crippen molar-refractivity contribution >= 4 is 16.9 Å². The average molecular weight is 412 g/mol. The predicted octanol–water partition coefficient (Wildman–Crippen LogP) is 3.80. The van der Waals surface area contributed by atoms with Crippen molar-refractivity contribution in [2.75, 3.05) is 6.54 Å². The van der Waals surface area contributed by atoms with Crippen LogP contribution in [0.3, 0.4) is 0 Å². The molecular formula is C24H24N6O. The van der Waals surface area contributed by atoms with E-state index in [1.165, 1.54) is 0 Å². The van der Waals surface area contributed by atoms with Crippen molar-refractivity contribution in [2.24, 2.45) is 0 Å². The molecule has 6 rings (SSSR count). The summed E-state index contributed by atoms with van der Waals surface area (Å²) in [7, 11) is 0. The number of benzene rings is 1. The number of hydrogen-bond donors (Lipinski definition) is 1. The number of aromatic nitrogens is 5. The maximum absolute atomic E-state index is 13.3. The van der Waals surface area contributed by atoms with E-state index in [4.69, 9.17) is 10.1 Å². The molecule has 7 heteroatoms. The molecule has 2 saturated carbocycles. The average Bonchev–Trinajstić information content (AvgIpc) is 3.74. The number of nitrogens with one attached hydrogen (secondary N) is 1. The van der Waals surface area contributed by atoms with E-state index >= 15 is 0 Å². The molecule has 0 radical (unpaired) electrons. The summed E-state index contributed by atoms with van der Waals surface area (Å²) in [6.45, 7) is 1.16. The van der Waals surface area contributed by atoms with Crippen molar-refractivity contribution in [3.05, 3.63) is 71.8 Å². The Morgan fingerprint density at radius 2 is 1.87 bits per heavy atom. The minimum absolute atomic E-state index is 0.0593. The maximum Gasteiger partial charge on any atom is 0.252 e. The Kier molecular flexibility index (Phi) is 4.33. The third-order valence-corrected chi connectivity index (χ3v) is 6.08. The van der Waals surface area contributed by atoms with Gasteiger partial charge in [0.1, 0.15) is 0 Å². The molecule has 1 aromatic carbocycles. The van der Waals surface area contributed by atoms with Crippen molar-refractivity contribution in [1.82, 2.24) is 29.9 Å². The molecular weight excluding hydrogens is 388 g/mol. The molecule has 0 bridgehead atoms. The highest BCUT2D eigenvalue weighted by atomic mass is 16.1. The highest BCUT2D eigenvalue weighted by molar-refractivity contribution is 6.07. The number of pyridine rings is 1. The van der Waals surface area contributed by atoms with Gasteiger partial charge in [-0.2, -0.15) is 10.2 Å². The third-order valence-electron chi connectivity index (χ3n) is 6.08. The van der Waals surface area contributed by atoms with Gasteiger partial charge in [-0.15, -0.1) is 0 Å². The van der Waals surface area contributed by atoms with Gasteiger partial charge < -0.3 is 5.32 Å². The molecule has 0 unspecified atom stereocenters. The van der Waals surface area contributed by atoms with Gasteiger partial charge in [0.2, 0.25) is 0 Å². The molecule has 0 saturated heterocycles. The van der Waals surface area contributed by atoms with Gasteiger partial charge in [-0.05, 0) is 49.9 Å². The molecule has 2 aliphatic carbocycles. The van der Waals surface area contributed by atoms with E-state index in [0.717, 1.165) is 53.8 Å². The molecule has 2 fully saturated rings. The molecule has 0 aliphatic heterocycles. The summed E-state index contributed by atoms with van der Waals surface area (Å²) in [6, 6.07) is 14.0. The molecule has 3 heterocycles. The second kappa shape index (κ2) is 7.34. The van der Waals surface area contributed by atoms with Crippen LogP contribution in [0.4, 0.5) is 0 Å². The van der Waals surface area contributed by atoms with Gasteiger partial charge in [0.05, 0.1) is 28.9 Å². The highest BCUT2D eigenvalue weighted by Crippen LogP contribution is 2.45. The largest absolute Gasteiger partial charge is 0.350 e. The standard InChI is InChI=1S/C24H24N6O/c31-24(25-12-14-29-13-4-11-26-29)19-15-20(16-7-8-16)27-23-21(19)22(17-9-10-17)28-30(23)18-5-2-1-3-6-18/h1-6,11,13,15-17H,7-10,12,14H2,(H,25,31). The first-order chi connectivity index (χ1) is 15.3. The minimum Gasteiger partial charge on any atom is -0.350 e. The number of amides is 1. The fraction of sp³-hybridized carbons (Fsp3) is 0.333. The fourth-order valence-electron chi connectivity index (χ4n) is 4.13. The number of carbonyl (C=O) groups is 1. The molecule has 4 aromatic rings. The highest BCUT2D eigenvalue weighted by Gasteiger charge is 2.34. The second-order valence-corrected chi connectivity index (χ2v) is 8.50. The molecule has 7 nitrogen and oxygen atoms in total. The van der Waals surface area contributed by atoms with E-state index in [2.05, 4.69) is 10.4 Å². The Morgan fingerprint density at radius 3 is 2.58 bits per heavy atom. The summed E-state index contributed by atoms with van der Waals surface area (Å²) in [4.78, 5) is 18.3. The van der Waals surface area contributed by atoms with E-state index in [-0.39, 0.29) is 5.91 Å². The van der Waals surface area contributed by atoms with Gasteiger partial charge in [-0.1, -0.05) is 18.2 Å². The molecule has 0 spiro atoms. The molecule has 3 aromatic heterocycles. The second-order valence-electron chi connectivity index (χ2n) is 8.50. The Bertz CT molecular complexity index is 1240. The van der Waals surface area contributed by atoms with Crippen LogP contribution in [0.2, 0.25) is 0 Å². The summed E-state index contributed by atoms with van der Waals surface area (Å²) in [5, 5.41) is 13.2. The van der Waals surface area contributed by atoms with Crippen LogP contribution in [0.5, 0.6) is 0 Å². The molecule has 1 amide bonds. The predicted molar refractivity (Wildman–Crippen MR) is 117 cm³/mol.